The van der Waals surface area contributed by atoms with Crippen molar-refractivity contribution in [1.82, 2.24) is 20.4 Å². The summed E-state index contributed by atoms with van der Waals surface area (Å²) < 4.78 is 5.72. The predicted octanol–water partition coefficient (Wildman–Crippen LogP) is 5.12. The van der Waals surface area contributed by atoms with Crippen LogP contribution < -0.4 is 5.32 Å². The maximum Gasteiger partial charge on any atom is 0.258 e. The van der Waals surface area contributed by atoms with Crippen LogP contribution in [0.25, 0.3) is 16.3 Å². The standard InChI is InChI=1S/C21H22N4OS2/c1-13(2)12-25-14(3)17(18(22-21(25)27)15-8-5-4-6-9-15)20-23-19(24-26-20)16-10-7-11-28-16/h4-11,13,18H,12H2,1-3H3,(H,22,27). The molecule has 1 aliphatic rings. The second-order valence-electron chi connectivity index (χ2n) is 7.20. The largest absolute Gasteiger partial charge is 0.351 e. The van der Waals surface area contributed by atoms with E-state index in [9.17, 15) is 0 Å². The minimum Gasteiger partial charge on any atom is -0.351 e. The molecule has 1 atom stereocenters. The quantitative estimate of drug-likeness (QED) is 0.590. The summed E-state index contributed by atoms with van der Waals surface area (Å²) in [7, 11) is 0. The third-order valence-corrected chi connectivity index (χ3v) is 5.88. The topological polar surface area (TPSA) is 54.2 Å². The van der Waals surface area contributed by atoms with E-state index >= 15 is 0 Å². The molecule has 0 bridgehead atoms. The van der Waals surface area contributed by atoms with Crippen molar-refractivity contribution < 1.29 is 4.52 Å². The number of nitrogens with one attached hydrogen (secondary N) is 1. The molecule has 7 heteroatoms. The van der Waals surface area contributed by atoms with E-state index in [1.165, 1.54) is 0 Å². The number of aromatic nitrogens is 2. The van der Waals surface area contributed by atoms with Gasteiger partial charge in [-0.3, -0.25) is 0 Å². The molecule has 0 spiro atoms. The minimum absolute atomic E-state index is 0.131. The highest BCUT2D eigenvalue weighted by atomic mass is 32.1. The second-order valence-corrected chi connectivity index (χ2v) is 8.53. The first-order chi connectivity index (χ1) is 13.5. The summed E-state index contributed by atoms with van der Waals surface area (Å²) in [5, 5.41) is 10.4. The summed E-state index contributed by atoms with van der Waals surface area (Å²) in [5.41, 5.74) is 3.13. The van der Waals surface area contributed by atoms with Crippen LogP contribution in [0.4, 0.5) is 0 Å². The summed E-state index contributed by atoms with van der Waals surface area (Å²) in [5.74, 6) is 1.60. The van der Waals surface area contributed by atoms with Gasteiger partial charge < -0.3 is 14.7 Å². The summed E-state index contributed by atoms with van der Waals surface area (Å²) in [6.45, 7) is 7.27. The predicted molar refractivity (Wildman–Crippen MR) is 117 cm³/mol. The molecule has 0 saturated heterocycles. The van der Waals surface area contributed by atoms with Crippen molar-refractivity contribution in [3.63, 3.8) is 0 Å². The van der Waals surface area contributed by atoms with Crippen LogP contribution >= 0.6 is 23.6 Å². The lowest BCUT2D eigenvalue weighted by atomic mass is 9.94. The van der Waals surface area contributed by atoms with Gasteiger partial charge in [0.15, 0.2) is 5.11 Å². The Balaban J connectivity index is 1.82. The molecular formula is C21H22N4OS2. The molecule has 1 aromatic carbocycles. The van der Waals surface area contributed by atoms with Crippen LogP contribution in [0, 0.1) is 5.92 Å². The van der Waals surface area contributed by atoms with Crippen molar-refractivity contribution in [3.8, 4) is 10.7 Å². The molecule has 3 heterocycles. The van der Waals surface area contributed by atoms with E-state index < -0.39 is 0 Å². The maximum atomic E-state index is 5.72. The monoisotopic (exact) mass is 410 g/mol. The fraction of sp³-hybridized carbons (Fsp3) is 0.286. The van der Waals surface area contributed by atoms with Crippen molar-refractivity contribution in [2.24, 2.45) is 5.92 Å². The van der Waals surface area contributed by atoms with E-state index in [0.29, 0.717) is 17.6 Å². The van der Waals surface area contributed by atoms with Gasteiger partial charge in [-0.1, -0.05) is 55.4 Å². The average molecular weight is 411 g/mol. The maximum absolute atomic E-state index is 5.72. The lowest BCUT2D eigenvalue weighted by molar-refractivity contribution is 0.386. The number of nitrogens with zero attached hydrogens (tertiary/aromatic N) is 3. The van der Waals surface area contributed by atoms with Crippen molar-refractivity contribution in [2.45, 2.75) is 26.8 Å². The van der Waals surface area contributed by atoms with Gasteiger partial charge in [0.05, 0.1) is 16.5 Å². The molecule has 0 amide bonds. The fourth-order valence-corrected chi connectivity index (χ4v) is 4.36. The van der Waals surface area contributed by atoms with Crippen LogP contribution in [-0.2, 0) is 0 Å². The summed E-state index contributed by atoms with van der Waals surface area (Å²) in [6.07, 6.45) is 0. The summed E-state index contributed by atoms with van der Waals surface area (Å²) in [6, 6.07) is 14.1. The fourth-order valence-electron chi connectivity index (χ4n) is 3.38. The van der Waals surface area contributed by atoms with Crippen LogP contribution in [0.2, 0.25) is 0 Å². The Morgan fingerprint density at radius 2 is 2.00 bits per heavy atom. The molecule has 0 saturated carbocycles. The van der Waals surface area contributed by atoms with Crippen molar-refractivity contribution in [1.29, 1.82) is 0 Å². The van der Waals surface area contributed by atoms with Gasteiger partial charge in [-0.05, 0) is 42.1 Å². The van der Waals surface area contributed by atoms with Crippen LogP contribution in [0.15, 0.2) is 58.1 Å². The zero-order valence-electron chi connectivity index (χ0n) is 16.0. The van der Waals surface area contributed by atoms with Crippen molar-refractivity contribution in [2.75, 3.05) is 6.54 Å². The van der Waals surface area contributed by atoms with E-state index in [1.807, 2.05) is 35.7 Å². The number of rotatable bonds is 5. The molecule has 0 aliphatic carbocycles. The van der Waals surface area contributed by atoms with Crippen LogP contribution in [0.1, 0.15) is 38.3 Å². The lowest BCUT2D eigenvalue weighted by Gasteiger charge is -2.38. The Morgan fingerprint density at radius 1 is 1.21 bits per heavy atom. The third-order valence-electron chi connectivity index (χ3n) is 4.67. The highest BCUT2D eigenvalue weighted by Crippen LogP contribution is 2.37. The summed E-state index contributed by atoms with van der Waals surface area (Å²) >= 11 is 7.28. The number of thiocarbonyl (C=S) groups is 1. The molecule has 0 radical (unpaired) electrons. The zero-order chi connectivity index (χ0) is 19.7. The van der Waals surface area contributed by atoms with Crippen molar-refractivity contribution >= 4 is 34.2 Å². The van der Waals surface area contributed by atoms with Crippen LogP contribution in [0.3, 0.4) is 0 Å². The molecule has 144 valence electrons. The van der Waals surface area contributed by atoms with Gasteiger partial charge in [0, 0.05) is 12.2 Å². The zero-order valence-corrected chi connectivity index (χ0v) is 17.7. The Hall–Kier alpha value is -2.51. The normalized spacial score (nSPS) is 17.4. The van der Waals surface area contributed by atoms with E-state index in [1.54, 1.807) is 11.3 Å². The van der Waals surface area contributed by atoms with E-state index in [2.05, 4.69) is 48.3 Å². The van der Waals surface area contributed by atoms with E-state index in [-0.39, 0.29) is 6.04 Å². The van der Waals surface area contributed by atoms with Gasteiger partial charge in [0.25, 0.3) is 5.89 Å². The molecule has 5 nitrogen and oxygen atoms in total. The minimum atomic E-state index is -0.131. The smallest absolute Gasteiger partial charge is 0.258 e. The number of hydrogen-bond acceptors (Lipinski definition) is 5. The molecule has 1 N–H and O–H groups in total. The van der Waals surface area contributed by atoms with E-state index in [0.717, 1.165) is 33.4 Å². The first-order valence-corrected chi connectivity index (χ1v) is 10.5. The first kappa shape index (κ1) is 18.8. The molecular weight excluding hydrogens is 388 g/mol. The molecule has 0 fully saturated rings. The van der Waals surface area contributed by atoms with Gasteiger partial charge in [0.1, 0.15) is 0 Å². The van der Waals surface area contributed by atoms with Gasteiger partial charge in [-0.15, -0.1) is 11.3 Å². The first-order valence-electron chi connectivity index (χ1n) is 9.26. The third kappa shape index (κ3) is 3.59. The van der Waals surface area contributed by atoms with Gasteiger partial charge >= 0.3 is 0 Å². The molecule has 2 aromatic heterocycles. The molecule has 1 unspecified atom stereocenters. The SMILES string of the molecule is CC1=C(c2nc(-c3cccs3)no2)C(c2ccccc2)NC(=S)N1CC(C)C. The van der Waals surface area contributed by atoms with Crippen molar-refractivity contribution in [3.05, 3.63) is 65.0 Å². The van der Waals surface area contributed by atoms with Gasteiger partial charge in [0.2, 0.25) is 5.82 Å². The number of allylic oxidation sites excluding steroid dienone is 1. The Kier molecular flexibility index (Phi) is 5.28. The Bertz CT molecular complexity index is 993. The highest BCUT2D eigenvalue weighted by molar-refractivity contribution is 7.80. The number of hydrogen-bond donors (Lipinski definition) is 1. The number of benzene rings is 1. The van der Waals surface area contributed by atoms with E-state index in [4.69, 9.17) is 21.7 Å². The molecule has 3 aromatic rings. The van der Waals surface area contributed by atoms with Crippen LogP contribution in [0.5, 0.6) is 0 Å². The Morgan fingerprint density at radius 3 is 2.68 bits per heavy atom. The van der Waals surface area contributed by atoms with Gasteiger partial charge in [-0.25, -0.2) is 0 Å². The van der Waals surface area contributed by atoms with Crippen LogP contribution in [-0.4, -0.2) is 26.7 Å². The highest BCUT2D eigenvalue weighted by Gasteiger charge is 2.34. The van der Waals surface area contributed by atoms with Gasteiger partial charge in [-0.2, -0.15) is 4.98 Å². The molecule has 1 aliphatic heterocycles. The average Bonchev–Trinajstić information content (AvgIpc) is 3.37. The molecule has 4 rings (SSSR count). The Labute approximate surface area is 174 Å². The molecule has 28 heavy (non-hydrogen) atoms. The summed E-state index contributed by atoms with van der Waals surface area (Å²) in [4.78, 5) is 7.82. The second kappa shape index (κ2) is 7.85. The lowest BCUT2D eigenvalue weighted by Crippen LogP contribution is -2.47. The number of thiophene rings is 1.